The van der Waals surface area contributed by atoms with Gasteiger partial charge in [-0.1, -0.05) is 0 Å². The Bertz CT molecular complexity index is 175. The van der Waals surface area contributed by atoms with Gasteiger partial charge in [0.05, 0.1) is 52.9 Å². The minimum Gasteiger partial charge on any atom is -0.418 e. The fourth-order valence-electron chi connectivity index (χ4n) is 0.773. The van der Waals surface area contributed by atoms with Gasteiger partial charge in [-0.3, -0.25) is 0 Å². The van der Waals surface area contributed by atoms with Crippen molar-refractivity contribution in [1.29, 1.82) is 0 Å². The topological polar surface area (TPSA) is 55.4 Å². The van der Waals surface area contributed by atoms with Crippen molar-refractivity contribution in [3.8, 4) is 0 Å². The molecule has 0 aliphatic heterocycles. The molecule has 0 bridgehead atoms. The van der Waals surface area contributed by atoms with E-state index < -0.39 is 7.25 Å². The number of hydrogen-bond acceptors (Lipinski definition) is 6. The first-order chi connectivity index (χ1) is 10.8. The van der Waals surface area contributed by atoms with Crippen LogP contribution in [0.1, 0.15) is 0 Å². The summed E-state index contributed by atoms with van der Waals surface area (Å²) in [5.74, 6) is 0. The third-order valence-corrected chi connectivity index (χ3v) is 1.73. The molecule has 0 heterocycles. The third kappa shape index (κ3) is 67.1. The Morgan fingerprint density at radius 1 is 0.500 bits per heavy atom. The van der Waals surface area contributed by atoms with E-state index in [1.165, 1.54) is 0 Å². The molecule has 0 aromatic carbocycles. The maximum Gasteiger partial charge on any atom is 1.00 e. The second kappa shape index (κ2) is 28.0. The van der Waals surface area contributed by atoms with E-state index in [-0.39, 0.29) is 18.9 Å². The minimum absolute atomic E-state index is 0. The molecule has 0 radical (unpaired) electrons. The SMILES string of the molecule is COCCOCCOC.COCCOCCOC.F[B-](F)(F)F.[Li+]. The molecule has 24 heavy (non-hydrogen) atoms. The van der Waals surface area contributed by atoms with Gasteiger partial charge in [-0.25, -0.2) is 0 Å². The van der Waals surface area contributed by atoms with Crippen LogP contribution in [0.3, 0.4) is 0 Å². The Morgan fingerprint density at radius 3 is 0.792 bits per heavy atom. The van der Waals surface area contributed by atoms with E-state index in [0.29, 0.717) is 52.9 Å². The molecule has 12 heteroatoms. The molecule has 6 nitrogen and oxygen atoms in total. The van der Waals surface area contributed by atoms with Crippen molar-refractivity contribution < 1.29 is 64.5 Å². The van der Waals surface area contributed by atoms with Gasteiger partial charge in [0.15, 0.2) is 0 Å². The van der Waals surface area contributed by atoms with E-state index in [4.69, 9.17) is 28.4 Å². The zero-order chi connectivity index (χ0) is 18.4. The van der Waals surface area contributed by atoms with Crippen LogP contribution in [0.4, 0.5) is 17.3 Å². The van der Waals surface area contributed by atoms with Crippen molar-refractivity contribution in [1.82, 2.24) is 0 Å². The monoisotopic (exact) mass is 362 g/mol. The molecule has 0 amide bonds. The maximum atomic E-state index is 9.75. The molecule has 0 unspecified atom stereocenters. The van der Waals surface area contributed by atoms with E-state index in [9.17, 15) is 17.3 Å². The van der Waals surface area contributed by atoms with Crippen molar-refractivity contribution in [2.24, 2.45) is 0 Å². The van der Waals surface area contributed by atoms with E-state index in [0.717, 1.165) is 0 Å². The molecular weight excluding hydrogens is 334 g/mol. The quantitative estimate of drug-likeness (QED) is 0.250. The second-order valence-corrected chi connectivity index (χ2v) is 3.69. The van der Waals surface area contributed by atoms with Crippen LogP contribution in [-0.2, 0) is 28.4 Å². The van der Waals surface area contributed by atoms with Gasteiger partial charge in [-0.05, 0) is 0 Å². The summed E-state index contributed by atoms with van der Waals surface area (Å²) in [6.07, 6.45) is 0. The molecule has 0 rings (SSSR count). The molecule has 0 aromatic heterocycles. The van der Waals surface area contributed by atoms with Gasteiger partial charge in [-0.2, -0.15) is 0 Å². The summed E-state index contributed by atoms with van der Waals surface area (Å²) in [4.78, 5) is 0. The Kier molecular flexibility index (Phi) is 37.1. The summed E-state index contributed by atoms with van der Waals surface area (Å²) in [5, 5.41) is 0. The number of halogens is 4. The molecule has 0 aliphatic rings. The molecule has 0 aromatic rings. The Labute approximate surface area is 153 Å². The number of ether oxygens (including phenoxy) is 6. The van der Waals surface area contributed by atoms with Crippen molar-refractivity contribution in [2.75, 3.05) is 81.3 Å². The zero-order valence-electron chi connectivity index (χ0n) is 15.2. The van der Waals surface area contributed by atoms with Gasteiger partial charge < -0.3 is 45.7 Å². The van der Waals surface area contributed by atoms with Crippen LogP contribution < -0.4 is 18.9 Å². The van der Waals surface area contributed by atoms with Crippen LogP contribution in [0, 0.1) is 0 Å². The molecule has 0 aliphatic carbocycles. The second-order valence-electron chi connectivity index (χ2n) is 3.69. The van der Waals surface area contributed by atoms with E-state index >= 15 is 0 Å². The molecular formula is C12H28BF4LiO6. The fraction of sp³-hybridized carbons (Fsp3) is 1.00. The Balaban J connectivity index is -0.000000128. The van der Waals surface area contributed by atoms with Gasteiger partial charge in [-0.15, -0.1) is 0 Å². The normalized spacial score (nSPS) is 10.0. The largest absolute Gasteiger partial charge is 1.00 e. The van der Waals surface area contributed by atoms with Gasteiger partial charge in [0.25, 0.3) is 0 Å². The van der Waals surface area contributed by atoms with Crippen molar-refractivity contribution in [2.45, 2.75) is 0 Å². The van der Waals surface area contributed by atoms with Crippen LogP contribution in [0.15, 0.2) is 0 Å². The van der Waals surface area contributed by atoms with Gasteiger partial charge in [0.2, 0.25) is 0 Å². The average Bonchev–Trinajstić information content (AvgIpc) is 2.46. The number of hydrogen-bond donors (Lipinski definition) is 0. The Hall–Kier alpha value is 0.142. The van der Waals surface area contributed by atoms with Crippen LogP contribution in [-0.4, -0.2) is 88.5 Å². The summed E-state index contributed by atoms with van der Waals surface area (Å²) >= 11 is 0. The van der Waals surface area contributed by atoms with Crippen molar-refractivity contribution >= 4 is 7.25 Å². The standard InChI is InChI=1S/2C6H14O3.BF4.Li/c2*1-7-3-5-9-6-4-8-2;2-1(3,4)5;/h2*3-6H2,1-2H3;;/q;;-1;+1. The molecule has 0 atom stereocenters. The van der Waals surface area contributed by atoms with Gasteiger partial charge in [0, 0.05) is 28.4 Å². The Morgan fingerprint density at radius 2 is 0.667 bits per heavy atom. The molecule has 0 N–H and O–H groups in total. The van der Waals surface area contributed by atoms with E-state index in [1.807, 2.05) is 0 Å². The number of methoxy groups -OCH3 is 4. The van der Waals surface area contributed by atoms with Crippen LogP contribution in [0.5, 0.6) is 0 Å². The minimum atomic E-state index is -6.00. The zero-order valence-corrected chi connectivity index (χ0v) is 15.2. The van der Waals surface area contributed by atoms with Crippen LogP contribution >= 0.6 is 0 Å². The van der Waals surface area contributed by atoms with Crippen molar-refractivity contribution in [3.05, 3.63) is 0 Å². The summed E-state index contributed by atoms with van der Waals surface area (Å²) < 4.78 is 68.2. The first-order valence-electron chi connectivity index (χ1n) is 6.82. The third-order valence-electron chi connectivity index (χ3n) is 1.73. The summed E-state index contributed by atoms with van der Waals surface area (Å²) in [5.41, 5.74) is 0. The summed E-state index contributed by atoms with van der Waals surface area (Å²) in [6, 6.07) is 0. The van der Waals surface area contributed by atoms with Crippen LogP contribution in [0.25, 0.3) is 0 Å². The predicted molar refractivity (Wildman–Crippen MR) is 79.3 cm³/mol. The van der Waals surface area contributed by atoms with E-state index in [1.54, 1.807) is 28.4 Å². The molecule has 0 spiro atoms. The predicted octanol–water partition coefficient (Wildman–Crippen LogP) is -1.10. The first-order valence-corrected chi connectivity index (χ1v) is 6.82. The maximum absolute atomic E-state index is 9.75. The number of rotatable bonds is 12. The fourth-order valence-corrected chi connectivity index (χ4v) is 0.773. The molecule has 0 fully saturated rings. The van der Waals surface area contributed by atoms with Crippen molar-refractivity contribution in [3.63, 3.8) is 0 Å². The first kappa shape index (κ1) is 31.9. The van der Waals surface area contributed by atoms with Crippen LogP contribution in [0.2, 0.25) is 0 Å². The van der Waals surface area contributed by atoms with E-state index in [2.05, 4.69) is 0 Å². The van der Waals surface area contributed by atoms with Gasteiger partial charge >= 0.3 is 26.1 Å². The average molecular weight is 362 g/mol. The smallest absolute Gasteiger partial charge is 0.418 e. The van der Waals surface area contributed by atoms with Gasteiger partial charge in [0.1, 0.15) is 0 Å². The summed E-state index contributed by atoms with van der Waals surface area (Å²) in [7, 11) is 0.610. The molecule has 0 saturated carbocycles. The molecule has 144 valence electrons. The molecule has 0 saturated heterocycles. The summed E-state index contributed by atoms with van der Waals surface area (Å²) in [6.45, 7) is 5.24.